The van der Waals surface area contributed by atoms with Crippen molar-refractivity contribution < 1.29 is 18.7 Å². The molecule has 1 aromatic heterocycles. The Morgan fingerprint density at radius 2 is 1.66 bits per heavy atom. The zero-order valence-corrected chi connectivity index (χ0v) is 18.1. The molecular formula is C26H19NO4S. The average Bonchev–Trinajstić information content (AvgIpc) is 3.43. The molecule has 0 radical (unpaired) electrons. The van der Waals surface area contributed by atoms with Crippen LogP contribution in [-0.2, 0) is 15.3 Å². The van der Waals surface area contributed by atoms with Gasteiger partial charge in [0.05, 0.1) is 35.3 Å². The molecule has 0 saturated heterocycles. The fourth-order valence-corrected chi connectivity index (χ4v) is 4.90. The van der Waals surface area contributed by atoms with Crippen LogP contribution in [0.15, 0.2) is 94.4 Å². The van der Waals surface area contributed by atoms with E-state index < -0.39 is 0 Å². The molecule has 0 aliphatic carbocycles. The number of imide groups is 1. The van der Waals surface area contributed by atoms with Gasteiger partial charge in [0.2, 0.25) is 0 Å². The first-order valence-corrected chi connectivity index (χ1v) is 11.1. The van der Waals surface area contributed by atoms with Crippen LogP contribution in [0.25, 0.3) is 16.3 Å². The zero-order valence-electron chi connectivity index (χ0n) is 17.3. The number of hydrogen-bond acceptors (Lipinski definition) is 5. The van der Waals surface area contributed by atoms with Gasteiger partial charge >= 0.3 is 0 Å². The number of para-hydroxylation sites is 1. The Labute approximate surface area is 189 Å². The molecule has 32 heavy (non-hydrogen) atoms. The molecule has 2 heterocycles. The number of rotatable bonds is 6. The summed E-state index contributed by atoms with van der Waals surface area (Å²) in [6.45, 7) is 0. The molecule has 6 heteroatoms. The van der Waals surface area contributed by atoms with Crippen molar-refractivity contribution in [2.45, 2.75) is 5.75 Å². The van der Waals surface area contributed by atoms with Crippen LogP contribution in [0.3, 0.4) is 0 Å². The predicted molar refractivity (Wildman–Crippen MR) is 126 cm³/mol. The van der Waals surface area contributed by atoms with Crippen molar-refractivity contribution in [1.82, 2.24) is 0 Å². The van der Waals surface area contributed by atoms with E-state index in [2.05, 4.69) is 0 Å². The number of methoxy groups -OCH3 is 1. The summed E-state index contributed by atoms with van der Waals surface area (Å²) >= 11 is 1.30. The fourth-order valence-electron chi connectivity index (χ4n) is 3.89. The quantitative estimate of drug-likeness (QED) is 0.361. The van der Waals surface area contributed by atoms with E-state index in [9.17, 15) is 9.59 Å². The van der Waals surface area contributed by atoms with Crippen molar-refractivity contribution in [3.63, 3.8) is 0 Å². The maximum atomic E-state index is 13.8. The van der Waals surface area contributed by atoms with Gasteiger partial charge in [-0.1, -0.05) is 54.6 Å². The molecule has 0 N–H and O–H groups in total. The number of benzene rings is 3. The van der Waals surface area contributed by atoms with Crippen LogP contribution in [0.1, 0.15) is 11.3 Å². The number of thioether (sulfide) groups is 1. The summed E-state index contributed by atoms with van der Waals surface area (Å²) < 4.78 is 10.9. The van der Waals surface area contributed by atoms with Gasteiger partial charge in [0.1, 0.15) is 11.5 Å². The van der Waals surface area contributed by atoms with Gasteiger partial charge in [0.25, 0.3) is 11.8 Å². The maximum Gasteiger partial charge on any atom is 0.272 e. The van der Waals surface area contributed by atoms with Crippen LogP contribution in [0, 0.1) is 0 Å². The first-order chi connectivity index (χ1) is 15.7. The number of amides is 2. The van der Waals surface area contributed by atoms with Crippen molar-refractivity contribution in [1.29, 1.82) is 0 Å². The van der Waals surface area contributed by atoms with Gasteiger partial charge in [0, 0.05) is 10.9 Å². The van der Waals surface area contributed by atoms with Gasteiger partial charge in [-0.05, 0) is 29.7 Å². The molecule has 0 saturated carbocycles. The number of fused-ring (bicyclic) bond motifs is 1. The van der Waals surface area contributed by atoms with Crippen LogP contribution in [0.4, 0.5) is 5.69 Å². The fraction of sp³-hybridized carbons (Fsp3) is 0.0769. The van der Waals surface area contributed by atoms with Crippen molar-refractivity contribution in [2.75, 3.05) is 12.0 Å². The molecule has 5 nitrogen and oxygen atoms in total. The van der Waals surface area contributed by atoms with E-state index in [0.717, 1.165) is 16.5 Å². The largest absolute Gasteiger partial charge is 0.496 e. The van der Waals surface area contributed by atoms with E-state index in [0.29, 0.717) is 33.2 Å². The third-order valence-corrected chi connectivity index (χ3v) is 6.46. The number of furan rings is 1. The van der Waals surface area contributed by atoms with Crippen LogP contribution >= 0.6 is 11.8 Å². The Morgan fingerprint density at radius 1 is 0.875 bits per heavy atom. The van der Waals surface area contributed by atoms with E-state index in [-0.39, 0.29) is 11.8 Å². The second-order valence-corrected chi connectivity index (χ2v) is 8.20. The van der Waals surface area contributed by atoms with Crippen molar-refractivity contribution >= 4 is 45.6 Å². The minimum Gasteiger partial charge on any atom is -0.496 e. The summed E-state index contributed by atoms with van der Waals surface area (Å²) in [5.74, 6) is 0.996. The second-order valence-electron chi connectivity index (χ2n) is 7.22. The SMILES string of the molecule is COc1ccccc1C1=C(SCc2ccco2)C(=O)N(c2cccc3ccccc23)C1=O. The van der Waals surface area contributed by atoms with Gasteiger partial charge in [-0.3, -0.25) is 9.59 Å². The lowest BCUT2D eigenvalue weighted by Gasteiger charge is -2.18. The summed E-state index contributed by atoms with van der Waals surface area (Å²) in [7, 11) is 1.55. The second kappa shape index (κ2) is 8.40. The summed E-state index contributed by atoms with van der Waals surface area (Å²) in [4.78, 5) is 29.1. The van der Waals surface area contributed by atoms with Gasteiger partial charge < -0.3 is 9.15 Å². The maximum absolute atomic E-state index is 13.8. The number of carbonyl (C=O) groups is 2. The first-order valence-electron chi connectivity index (χ1n) is 10.1. The molecule has 158 valence electrons. The number of hydrogen-bond donors (Lipinski definition) is 0. The van der Waals surface area contributed by atoms with Gasteiger partial charge in [-0.15, -0.1) is 11.8 Å². The Bertz CT molecular complexity index is 1350. The highest BCUT2D eigenvalue weighted by molar-refractivity contribution is 8.03. The van der Waals surface area contributed by atoms with E-state index in [4.69, 9.17) is 9.15 Å². The van der Waals surface area contributed by atoms with Crippen molar-refractivity contribution in [2.24, 2.45) is 0 Å². The molecular weight excluding hydrogens is 422 g/mol. The van der Waals surface area contributed by atoms with Crippen LogP contribution in [0.2, 0.25) is 0 Å². The minimum absolute atomic E-state index is 0.344. The molecule has 0 unspecified atom stereocenters. The van der Waals surface area contributed by atoms with Crippen molar-refractivity contribution in [3.8, 4) is 5.75 Å². The Hall–Kier alpha value is -3.77. The van der Waals surface area contributed by atoms with Gasteiger partial charge in [-0.25, -0.2) is 4.90 Å². The molecule has 0 bridgehead atoms. The summed E-state index contributed by atoms with van der Waals surface area (Å²) in [5, 5.41) is 1.80. The van der Waals surface area contributed by atoms with Gasteiger partial charge in [-0.2, -0.15) is 0 Å². The van der Waals surface area contributed by atoms with Crippen LogP contribution in [0.5, 0.6) is 5.75 Å². The van der Waals surface area contributed by atoms with E-state index in [1.807, 2.05) is 54.6 Å². The molecule has 2 amide bonds. The average molecular weight is 442 g/mol. The molecule has 1 aliphatic rings. The van der Waals surface area contributed by atoms with E-state index in [1.165, 1.54) is 16.7 Å². The third kappa shape index (κ3) is 3.39. The highest BCUT2D eigenvalue weighted by atomic mass is 32.2. The van der Waals surface area contributed by atoms with E-state index in [1.54, 1.807) is 37.6 Å². The lowest BCUT2D eigenvalue weighted by Crippen LogP contribution is -2.31. The standard InChI is InChI=1S/C26H19NO4S/c1-30-22-14-5-4-12-20(22)23-24(32-16-18-10-7-15-31-18)26(29)27(25(23)28)21-13-6-9-17-8-2-3-11-19(17)21/h2-15H,16H2,1H3. The van der Waals surface area contributed by atoms with Crippen LogP contribution < -0.4 is 9.64 Å². The lowest BCUT2D eigenvalue weighted by atomic mass is 10.0. The number of nitrogens with zero attached hydrogens (tertiary/aromatic N) is 1. The summed E-state index contributed by atoms with van der Waals surface area (Å²) in [6.07, 6.45) is 1.59. The Kier molecular flexibility index (Phi) is 5.29. The highest BCUT2D eigenvalue weighted by Crippen LogP contribution is 2.43. The van der Waals surface area contributed by atoms with Crippen LogP contribution in [-0.4, -0.2) is 18.9 Å². The number of carbonyl (C=O) groups excluding carboxylic acids is 2. The normalized spacial score (nSPS) is 14.0. The van der Waals surface area contributed by atoms with Crippen molar-refractivity contribution in [3.05, 3.63) is 101 Å². The Balaban J connectivity index is 1.64. The molecule has 0 fully saturated rings. The Morgan fingerprint density at radius 3 is 2.47 bits per heavy atom. The summed E-state index contributed by atoms with van der Waals surface area (Å²) in [5.41, 5.74) is 1.51. The molecule has 1 aliphatic heterocycles. The third-order valence-electron chi connectivity index (χ3n) is 5.36. The first kappa shape index (κ1) is 20.2. The molecule has 0 spiro atoms. The molecule has 3 aromatic carbocycles. The monoisotopic (exact) mass is 441 g/mol. The topological polar surface area (TPSA) is 59.8 Å². The van der Waals surface area contributed by atoms with Gasteiger partial charge in [0.15, 0.2) is 0 Å². The minimum atomic E-state index is -0.363. The highest BCUT2D eigenvalue weighted by Gasteiger charge is 2.41. The molecule has 0 atom stereocenters. The molecule has 5 rings (SSSR count). The number of ether oxygens (including phenoxy) is 1. The zero-order chi connectivity index (χ0) is 22.1. The molecule has 4 aromatic rings. The number of anilines is 1. The predicted octanol–water partition coefficient (Wildman–Crippen LogP) is 5.66. The van der Waals surface area contributed by atoms with E-state index >= 15 is 0 Å². The summed E-state index contributed by atoms with van der Waals surface area (Å²) in [6, 6.07) is 24.2. The smallest absolute Gasteiger partial charge is 0.272 e. The lowest BCUT2D eigenvalue weighted by molar-refractivity contribution is -0.119.